The third-order valence-electron chi connectivity index (χ3n) is 3.07. The Kier molecular flexibility index (Phi) is 3.36. The number of aryl methyl sites for hydroxylation is 1. The first-order valence-electron chi connectivity index (χ1n) is 6.18. The van der Waals surface area contributed by atoms with Crippen molar-refractivity contribution in [2.45, 2.75) is 13.5 Å². The highest BCUT2D eigenvalue weighted by Crippen LogP contribution is 2.27. The molecule has 1 heterocycles. The number of hydrogen-bond donors (Lipinski definition) is 1. The summed E-state index contributed by atoms with van der Waals surface area (Å²) in [6.07, 6.45) is 0. The van der Waals surface area contributed by atoms with Crippen molar-refractivity contribution in [2.24, 2.45) is 0 Å². The van der Waals surface area contributed by atoms with E-state index in [1.54, 1.807) is 0 Å². The van der Waals surface area contributed by atoms with Crippen LogP contribution in [0.5, 0.6) is 0 Å². The van der Waals surface area contributed by atoms with Crippen molar-refractivity contribution >= 4 is 27.2 Å². The fraction of sp³-hybridized carbons (Fsp3) is 0.133. The normalized spacial score (nSPS) is 10.9. The second-order valence-electron chi connectivity index (χ2n) is 4.49. The molecule has 0 radical (unpaired) electrons. The van der Waals surface area contributed by atoms with Gasteiger partial charge < -0.3 is 5.32 Å². The minimum absolute atomic E-state index is 0.270. The number of halogens is 2. The summed E-state index contributed by atoms with van der Waals surface area (Å²) >= 11 is 1.17. The molecule has 0 saturated heterocycles. The first-order chi connectivity index (χ1) is 9.65. The molecule has 2 nitrogen and oxygen atoms in total. The van der Waals surface area contributed by atoms with Gasteiger partial charge in [-0.25, -0.2) is 13.8 Å². The minimum Gasteiger partial charge on any atom is -0.378 e. The Morgan fingerprint density at radius 2 is 1.95 bits per heavy atom. The zero-order chi connectivity index (χ0) is 14.1. The van der Waals surface area contributed by atoms with Crippen molar-refractivity contribution in [3.63, 3.8) is 0 Å². The summed E-state index contributed by atoms with van der Waals surface area (Å²) in [4.78, 5) is 4.31. The molecule has 1 aromatic heterocycles. The third-order valence-corrected chi connectivity index (χ3v) is 4.13. The quantitative estimate of drug-likeness (QED) is 0.768. The summed E-state index contributed by atoms with van der Waals surface area (Å²) in [5.74, 6) is -1.65. The van der Waals surface area contributed by atoms with Gasteiger partial charge in [0.2, 0.25) is 0 Å². The van der Waals surface area contributed by atoms with Gasteiger partial charge in [0.05, 0.1) is 16.8 Å². The molecule has 0 saturated carbocycles. The van der Waals surface area contributed by atoms with E-state index in [-0.39, 0.29) is 4.70 Å². The highest BCUT2D eigenvalue weighted by Gasteiger charge is 2.12. The van der Waals surface area contributed by atoms with Crippen LogP contribution >= 0.6 is 11.3 Å². The van der Waals surface area contributed by atoms with Crippen molar-refractivity contribution in [1.29, 1.82) is 0 Å². The molecule has 3 rings (SSSR count). The summed E-state index contributed by atoms with van der Waals surface area (Å²) in [6, 6.07) is 10.5. The summed E-state index contributed by atoms with van der Waals surface area (Å²) in [7, 11) is 0. The van der Waals surface area contributed by atoms with Gasteiger partial charge in [0.15, 0.2) is 11.6 Å². The fourth-order valence-corrected chi connectivity index (χ4v) is 2.93. The maximum atomic E-state index is 13.6. The average molecular weight is 290 g/mol. The summed E-state index contributed by atoms with van der Waals surface area (Å²) in [5.41, 5.74) is 2.64. The second kappa shape index (κ2) is 5.17. The molecule has 20 heavy (non-hydrogen) atoms. The molecule has 0 aliphatic rings. The molecule has 3 aromatic rings. The van der Waals surface area contributed by atoms with Gasteiger partial charge in [0.25, 0.3) is 0 Å². The molecule has 0 aliphatic carbocycles. The summed E-state index contributed by atoms with van der Waals surface area (Å²) < 4.78 is 27.0. The predicted molar refractivity (Wildman–Crippen MR) is 78.0 cm³/mol. The zero-order valence-corrected chi connectivity index (χ0v) is 11.6. The number of hydrogen-bond acceptors (Lipinski definition) is 3. The van der Waals surface area contributed by atoms with Crippen molar-refractivity contribution in [2.75, 3.05) is 5.32 Å². The zero-order valence-electron chi connectivity index (χ0n) is 10.8. The van der Waals surface area contributed by atoms with Gasteiger partial charge in [-0.05, 0) is 30.7 Å². The van der Waals surface area contributed by atoms with Gasteiger partial charge in [0.1, 0.15) is 5.01 Å². The first kappa shape index (κ1) is 13.0. The van der Waals surface area contributed by atoms with E-state index in [0.29, 0.717) is 12.1 Å². The van der Waals surface area contributed by atoms with Crippen molar-refractivity contribution in [1.82, 2.24) is 4.98 Å². The van der Waals surface area contributed by atoms with E-state index >= 15 is 0 Å². The SMILES string of the molecule is Cc1ccccc1NCc1nc2ccc(F)c(F)c2s1. The number of thiazole rings is 1. The molecule has 5 heteroatoms. The number of aromatic nitrogens is 1. The molecule has 2 aromatic carbocycles. The van der Waals surface area contributed by atoms with Crippen LogP contribution in [0, 0.1) is 18.6 Å². The van der Waals surface area contributed by atoms with Crippen LogP contribution in [0.15, 0.2) is 36.4 Å². The van der Waals surface area contributed by atoms with Crippen LogP contribution in [0.2, 0.25) is 0 Å². The molecule has 102 valence electrons. The highest BCUT2D eigenvalue weighted by molar-refractivity contribution is 7.18. The number of rotatable bonds is 3. The Hall–Kier alpha value is -2.01. The van der Waals surface area contributed by atoms with E-state index in [4.69, 9.17) is 0 Å². The van der Waals surface area contributed by atoms with E-state index in [2.05, 4.69) is 10.3 Å². The molecule has 0 bridgehead atoms. The van der Waals surface area contributed by atoms with Gasteiger partial charge in [0, 0.05) is 5.69 Å². The lowest BCUT2D eigenvalue weighted by atomic mass is 10.2. The fourth-order valence-electron chi connectivity index (χ4n) is 2.00. The lowest BCUT2D eigenvalue weighted by Crippen LogP contribution is -2.00. The van der Waals surface area contributed by atoms with Crippen LogP contribution in [0.1, 0.15) is 10.6 Å². The first-order valence-corrected chi connectivity index (χ1v) is 7.00. The lowest BCUT2D eigenvalue weighted by Gasteiger charge is -2.06. The third kappa shape index (κ3) is 2.36. The van der Waals surface area contributed by atoms with Crippen LogP contribution in [0.4, 0.5) is 14.5 Å². The Labute approximate surface area is 119 Å². The van der Waals surface area contributed by atoms with Gasteiger partial charge in [-0.15, -0.1) is 11.3 Å². The molecule has 0 fully saturated rings. The van der Waals surface area contributed by atoms with E-state index in [1.165, 1.54) is 17.4 Å². The Balaban J connectivity index is 1.85. The number of anilines is 1. The number of para-hydroxylation sites is 1. The van der Waals surface area contributed by atoms with E-state index in [0.717, 1.165) is 22.3 Å². The number of fused-ring (bicyclic) bond motifs is 1. The minimum atomic E-state index is -0.834. The maximum Gasteiger partial charge on any atom is 0.178 e. The second-order valence-corrected chi connectivity index (χ2v) is 5.57. The summed E-state index contributed by atoms with van der Waals surface area (Å²) in [6.45, 7) is 2.50. The average Bonchev–Trinajstić information content (AvgIpc) is 2.86. The van der Waals surface area contributed by atoms with Crippen LogP contribution in [0.25, 0.3) is 10.2 Å². The molecule has 0 aliphatic heterocycles. The molecular formula is C15H12F2N2S. The Morgan fingerprint density at radius 3 is 2.75 bits per heavy atom. The topological polar surface area (TPSA) is 24.9 Å². The van der Waals surface area contributed by atoms with Crippen LogP contribution in [-0.4, -0.2) is 4.98 Å². The highest BCUT2D eigenvalue weighted by atomic mass is 32.1. The molecular weight excluding hydrogens is 278 g/mol. The number of benzene rings is 2. The maximum absolute atomic E-state index is 13.6. The smallest absolute Gasteiger partial charge is 0.178 e. The number of nitrogens with one attached hydrogen (secondary N) is 1. The molecule has 0 spiro atoms. The van der Waals surface area contributed by atoms with Crippen LogP contribution in [0.3, 0.4) is 0 Å². The van der Waals surface area contributed by atoms with Crippen molar-refractivity contribution in [3.05, 3.63) is 58.6 Å². The van der Waals surface area contributed by atoms with Crippen LogP contribution < -0.4 is 5.32 Å². The molecule has 0 atom stereocenters. The van der Waals surface area contributed by atoms with Crippen LogP contribution in [-0.2, 0) is 6.54 Å². The van der Waals surface area contributed by atoms with E-state index < -0.39 is 11.6 Å². The predicted octanol–water partition coefficient (Wildman–Crippen LogP) is 4.50. The standard InChI is InChI=1S/C15H12F2N2S/c1-9-4-2-3-5-11(9)18-8-13-19-12-7-6-10(16)14(17)15(12)20-13/h2-7,18H,8H2,1H3. The summed E-state index contributed by atoms with van der Waals surface area (Å²) in [5, 5.41) is 3.99. The van der Waals surface area contributed by atoms with Crippen molar-refractivity contribution < 1.29 is 8.78 Å². The van der Waals surface area contributed by atoms with Crippen molar-refractivity contribution in [3.8, 4) is 0 Å². The van der Waals surface area contributed by atoms with Gasteiger partial charge >= 0.3 is 0 Å². The number of nitrogens with zero attached hydrogens (tertiary/aromatic N) is 1. The monoisotopic (exact) mass is 290 g/mol. The van der Waals surface area contributed by atoms with Gasteiger partial charge in [-0.3, -0.25) is 0 Å². The molecule has 0 unspecified atom stereocenters. The van der Waals surface area contributed by atoms with E-state index in [9.17, 15) is 8.78 Å². The largest absolute Gasteiger partial charge is 0.378 e. The van der Waals surface area contributed by atoms with Gasteiger partial charge in [-0.1, -0.05) is 18.2 Å². The van der Waals surface area contributed by atoms with E-state index in [1.807, 2.05) is 31.2 Å². The molecule has 1 N–H and O–H groups in total. The van der Waals surface area contributed by atoms with Gasteiger partial charge in [-0.2, -0.15) is 0 Å². The Morgan fingerprint density at radius 1 is 1.15 bits per heavy atom. The molecule has 0 amide bonds. The Bertz CT molecular complexity index is 768. The lowest BCUT2D eigenvalue weighted by molar-refractivity contribution is 0.518.